The lowest BCUT2D eigenvalue weighted by molar-refractivity contribution is -0.118. The van der Waals surface area contributed by atoms with Crippen LogP contribution in [0.15, 0.2) is 23.0 Å². The minimum atomic E-state index is -0.561. The molecule has 8 heteroatoms. The van der Waals surface area contributed by atoms with Crippen LogP contribution in [0.25, 0.3) is 0 Å². The number of hydrogen-bond acceptors (Lipinski definition) is 5. The van der Waals surface area contributed by atoms with Gasteiger partial charge in [0.1, 0.15) is 11.8 Å². The summed E-state index contributed by atoms with van der Waals surface area (Å²) in [6.07, 6.45) is 6.15. The second-order valence-corrected chi connectivity index (χ2v) is 6.58. The monoisotopic (exact) mass is 329 g/mol. The summed E-state index contributed by atoms with van der Waals surface area (Å²) in [6, 6.07) is 1.11. The molecule has 0 radical (unpaired) electrons. The third-order valence-electron chi connectivity index (χ3n) is 4.57. The highest BCUT2D eigenvalue weighted by Gasteiger charge is 2.40. The Morgan fingerprint density at radius 2 is 2.21 bits per heavy atom. The van der Waals surface area contributed by atoms with Crippen molar-refractivity contribution < 1.29 is 14.1 Å². The molecule has 0 spiro atoms. The molecule has 1 saturated carbocycles. The lowest BCUT2D eigenvalue weighted by Crippen LogP contribution is -2.42. The van der Waals surface area contributed by atoms with Crippen LogP contribution in [-0.4, -0.2) is 38.8 Å². The third-order valence-corrected chi connectivity index (χ3v) is 4.57. The molecule has 2 fully saturated rings. The van der Waals surface area contributed by atoms with Crippen molar-refractivity contribution in [3.8, 4) is 0 Å². The number of anilines is 1. The van der Waals surface area contributed by atoms with Crippen LogP contribution in [-0.2, 0) is 11.8 Å². The van der Waals surface area contributed by atoms with Crippen molar-refractivity contribution in [3.63, 3.8) is 0 Å². The Morgan fingerprint density at radius 3 is 2.88 bits per heavy atom. The van der Waals surface area contributed by atoms with Gasteiger partial charge < -0.3 is 14.7 Å². The quantitative estimate of drug-likeness (QED) is 0.910. The number of aryl methyl sites for hydroxylation is 1. The lowest BCUT2D eigenvalue weighted by atomic mass is 10.2. The van der Waals surface area contributed by atoms with E-state index < -0.39 is 6.04 Å². The number of nitrogens with one attached hydrogen (secondary N) is 1. The Kier molecular flexibility index (Phi) is 3.40. The fourth-order valence-electron chi connectivity index (χ4n) is 3.16. The second-order valence-electron chi connectivity index (χ2n) is 6.58. The zero-order valence-corrected chi connectivity index (χ0v) is 13.6. The smallest absolute Gasteiger partial charge is 0.274 e. The summed E-state index contributed by atoms with van der Waals surface area (Å²) < 4.78 is 6.85. The van der Waals surface area contributed by atoms with E-state index in [1.807, 2.05) is 6.92 Å². The highest BCUT2D eigenvalue weighted by molar-refractivity contribution is 6.03. The molecule has 1 saturated heterocycles. The molecule has 3 heterocycles. The predicted octanol–water partition coefficient (Wildman–Crippen LogP) is 1.21. The van der Waals surface area contributed by atoms with Crippen LogP contribution in [0.3, 0.4) is 0 Å². The summed E-state index contributed by atoms with van der Waals surface area (Å²) in [5.74, 6) is 0.649. The number of nitrogens with zero attached hydrogens (tertiary/aromatic N) is 4. The van der Waals surface area contributed by atoms with Gasteiger partial charge in [0.25, 0.3) is 5.91 Å². The minimum absolute atomic E-state index is 0.00802. The normalized spacial score (nSPS) is 23.8. The first kappa shape index (κ1) is 14.9. The van der Waals surface area contributed by atoms with E-state index in [1.165, 1.54) is 0 Å². The van der Waals surface area contributed by atoms with E-state index in [0.29, 0.717) is 12.3 Å². The van der Waals surface area contributed by atoms with Crippen molar-refractivity contribution >= 4 is 17.5 Å². The van der Waals surface area contributed by atoms with Crippen molar-refractivity contribution in [2.75, 3.05) is 4.90 Å². The molecule has 1 aliphatic heterocycles. The number of amides is 2. The average Bonchev–Trinajstić information content (AvgIpc) is 2.99. The Morgan fingerprint density at radius 1 is 1.42 bits per heavy atom. The van der Waals surface area contributed by atoms with Gasteiger partial charge in [-0.2, -0.15) is 5.10 Å². The fraction of sp³-hybridized carbons (Fsp3) is 0.500. The van der Waals surface area contributed by atoms with Crippen molar-refractivity contribution in [1.29, 1.82) is 0 Å². The lowest BCUT2D eigenvalue weighted by Gasteiger charge is -2.19. The van der Waals surface area contributed by atoms with Gasteiger partial charge in [0.2, 0.25) is 5.91 Å². The van der Waals surface area contributed by atoms with Crippen LogP contribution in [0, 0.1) is 0 Å². The summed E-state index contributed by atoms with van der Waals surface area (Å²) >= 11 is 0. The van der Waals surface area contributed by atoms with Gasteiger partial charge in [-0.05, 0) is 26.2 Å². The van der Waals surface area contributed by atoms with Crippen LogP contribution < -0.4 is 10.2 Å². The zero-order chi connectivity index (χ0) is 16.8. The van der Waals surface area contributed by atoms with Gasteiger partial charge in [-0.1, -0.05) is 5.16 Å². The van der Waals surface area contributed by atoms with E-state index in [4.69, 9.17) is 4.52 Å². The van der Waals surface area contributed by atoms with E-state index in [0.717, 1.165) is 24.3 Å². The molecule has 2 aromatic heterocycles. The summed E-state index contributed by atoms with van der Waals surface area (Å²) in [5, 5.41) is 10.7. The first-order chi connectivity index (χ1) is 11.5. The molecular formula is C16H19N5O3. The van der Waals surface area contributed by atoms with E-state index in [2.05, 4.69) is 15.6 Å². The number of rotatable bonds is 4. The van der Waals surface area contributed by atoms with Crippen molar-refractivity contribution in [3.05, 3.63) is 29.9 Å². The summed E-state index contributed by atoms with van der Waals surface area (Å²) in [7, 11) is 1.80. The Labute approximate surface area is 138 Å². The average molecular weight is 329 g/mol. The maximum Gasteiger partial charge on any atom is 0.274 e. The van der Waals surface area contributed by atoms with E-state index >= 15 is 0 Å². The first-order valence-electron chi connectivity index (χ1n) is 8.12. The number of carbonyl (C=O) groups excluding carboxylic acids is 2. The molecule has 1 aliphatic carbocycles. The molecule has 2 atom stereocenters. The van der Waals surface area contributed by atoms with Crippen LogP contribution in [0.2, 0.25) is 0 Å². The van der Waals surface area contributed by atoms with Gasteiger partial charge in [0, 0.05) is 31.3 Å². The summed E-state index contributed by atoms with van der Waals surface area (Å²) in [5.41, 5.74) is 0.974. The largest absolute Gasteiger partial charge is 0.360 e. The van der Waals surface area contributed by atoms with Crippen LogP contribution in [0.4, 0.5) is 5.69 Å². The van der Waals surface area contributed by atoms with E-state index in [-0.39, 0.29) is 23.6 Å². The second kappa shape index (κ2) is 5.47. The molecule has 2 aromatic rings. The maximum atomic E-state index is 12.6. The number of carbonyl (C=O) groups is 2. The molecule has 0 bridgehead atoms. The van der Waals surface area contributed by atoms with Gasteiger partial charge >= 0.3 is 0 Å². The van der Waals surface area contributed by atoms with Gasteiger partial charge in [-0.3, -0.25) is 14.3 Å². The van der Waals surface area contributed by atoms with Crippen molar-refractivity contribution in [2.24, 2.45) is 7.05 Å². The van der Waals surface area contributed by atoms with Gasteiger partial charge in [-0.25, -0.2) is 0 Å². The molecule has 4 rings (SSSR count). The molecule has 2 amide bonds. The van der Waals surface area contributed by atoms with E-state index in [9.17, 15) is 9.59 Å². The molecule has 2 aliphatic rings. The predicted molar refractivity (Wildman–Crippen MR) is 84.5 cm³/mol. The first-order valence-corrected chi connectivity index (χ1v) is 8.12. The van der Waals surface area contributed by atoms with Crippen LogP contribution in [0.1, 0.15) is 48.4 Å². The molecule has 24 heavy (non-hydrogen) atoms. The molecule has 1 N–H and O–H groups in total. The van der Waals surface area contributed by atoms with Crippen molar-refractivity contribution in [1.82, 2.24) is 20.3 Å². The van der Waals surface area contributed by atoms with Crippen molar-refractivity contribution in [2.45, 2.75) is 44.2 Å². The highest BCUT2D eigenvalue weighted by Crippen LogP contribution is 2.40. The Bertz CT molecular complexity index is 791. The third kappa shape index (κ3) is 2.57. The topological polar surface area (TPSA) is 93.3 Å². The van der Waals surface area contributed by atoms with Crippen LogP contribution in [0.5, 0.6) is 0 Å². The van der Waals surface area contributed by atoms with E-state index in [1.54, 1.807) is 35.1 Å². The van der Waals surface area contributed by atoms with Crippen LogP contribution >= 0.6 is 0 Å². The SMILES string of the molecule is CC1CC(NC(=O)c2cc(C3CC3)on2)C(=O)N1c1cnn(C)c1. The molecular weight excluding hydrogens is 310 g/mol. The standard InChI is InChI=1S/C16H19N5O3/c1-9-5-13(16(23)21(9)11-7-17-20(2)8-11)18-15(22)12-6-14(24-19-12)10-3-4-10/h6-10,13H,3-5H2,1-2H3,(H,18,22). The Balaban J connectivity index is 1.46. The van der Waals surface area contributed by atoms with Gasteiger partial charge in [-0.15, -0.1) is 0 Å². The molecule has 2 unspecified atom stereocenters. The number of hydrogen-bond donors (Lipinski definition) is 1. The number of aromatic nitrogens is 3. The zero-order valence-electron chi connectivity index (χ0n) is 13.6. The Hall–Kier alpha value is -2.64. The maximum absolute atomic E-state index is 12.6. The minimum Gasteiger partial charge on any atom is -0.360 e. The molecule has 126 valence electrons. The summed E-state index contributed by atoms with van der Waals surface area (Å²) in [6.45, 7) is 1.96. The highest BCUT2D eigenvalue weighted by atomic mass is 16.5. The van der Waals surface area contributed by atoms with Gasteiger partial charge in [0.05, 0.1) is 11.9 Å². The molecule has 8 nitrogen and oxygen atoms in total. The van der Waals surface area contributed by atoms with Gasteiger partial charge in [0.15, 0.2) is 5.69 Å². The summed E-state index contributed by atoms with van der Waals surface area (Å²) in [4.78, 5) is 26.7. The fourth-order valence-corrected chi connectivity index (χ4v) is 3.16. The molecule has 0 aromatic carbocycles.